The van der Waals surface area contributed by atoms with Crippen molar-refractivity contribution in [3.63, 3.8) is 0 Å². The molecule has 0 saturated carbocycles. The topological polar surface area (TPSA) is 18.5 Å². The molecule has 1 unspecified atom stereocenters. The summed E-state index contributed by atoms with van der Waals surface area (Å²) >= 11 is 0. The van der Waals surface area contributed by atoms with E-state index >= 15 is 0 Å². The summed E-state index contributed by atoms with van der Waals surface area (Å²) in [5.74, 6) is 0. The molecule has 0 rings (SSSR count). The fraction of sp³-hybridized carbons (Fsp3) is 1.00. The SMILES string of the molecule is CCCO[SiH](CCC)OC. The summed E-state index contributed by atoms with van der Waals surface area (Å²) in [6, 6.07) is 1.14. The van der Waals surface area contributed by atoms with Crippen LogP contribution in [-0.4, -0.2) is 23.0 Å². The Hall–Kier alpha value is 0.137. The van der Waals surface area contributed by atoms with Gasteiger partial charge < -0.3 is 8.85 Å². The molecular weight excluding hydrogens is 144 g/mol. The summed E-state index contributed by atoms with van der Waals surface area (Å²) in [6.45, 7) is 5.14. The summed E-state index contributed by atoms with van der Waals surface area (Å²) in [7, 11) is 0.522. The van der Waals surface area contributed by atoms with Crippen molar-refractivity contribution in [2.24, 2.45) is 0 Å². The molecule has 0 aromatic rings. The van der Waals surface area contributed by atoms with Crippen LogP contribution in [0.1, 0.15) is 26.7 Å². The van der Waals surface area contributed by atoms with Crippen LogP contribution in [0.5, 0.6) is 0 Å². The first-order chi connectivity index (χ1) is 4.85. The minimum atomic E-state index is -1.23. The lowest BCUT2D eigenvalue weighted by Crippen LogP contribution is -2.20. The van der Waals surface area contributed by atoms with E-state index in [4.69, 9.17) is 8.85 Å². The van der Waals surface area contributed by atoms with E-state index in [-0.39, 0.29) is 0 Å². The largest absolute Gasteiger partial charge is 0.400 e. The fourth-order valence-electron chi connectivity index (χ4n) is 0.754. The highest BCUT2D eigenvalue weighted by atomic mass is 28.3. The quantitative estimate of drug-likeness (QED) is 0.553. The van der Waals surface area contributed by atoms with E-state index in [0.29, 0.717) is 0 Å². The monoisotopic (exact) mass is 162 g/mol. The standard InChI is InChI=1S/C7H18O2Si/c1-4-6-9-10(8-3)7-5-2/h10H,4-7H2,1-3H3. The molecule has 1 atom stereocenters. The molecule has 0 fully saturated rings. The van der Waals surface area contributed by atoms with Crippen molar-refractivity contribution in [1.82, 2.24) is 0 Å². The third kappa shape index (κ3) is 4.96. The first kappa shape index (κ1) is 10.1. The molecule has 0 aliphatic carbocycles. The molecule has 0 N–H and O–H groups in total. The molecule has 0 amide bonds. The second-order valence-electron chi connectivity index (χ2n) is 2.32. The number of hydrogen-bond donors (Lipinski definition) is 0. The molecule has 0 aliphatic rings. The maximum Gasteiger partial charge on any atom is 0.321 e. The van der Waals surface area contributed by atoms with Gasteiger partial charge in [0.2, 0.25) is 0 Å². The van der Waals surface area contributed by atoms with Gasteiger partial charge in [0.1, 0.15) is 0 Å². The van der Waals surface area contributed by atoms with E-state index in [2.05, 4.69) is 13.8 Å². The Labute approximate surface area is 65.4 Å². The van der Waals surface area contributed by atoms with Gasteiger partial charge in [0.25, 0.3) is 0 Å². The van der Waals surface area contributed by atoms with Gasteiger partial charge in [-0.3, -0.25) is 0 Å². The molecule has 0 heterocycles. The van der Waals surface area contributed by atoms with Gasteiger partial charge in [-0.05, 0) is 12.5 Å². The maximum absolute atomic E-state index is 5.50. The Bertz CT molecular complexity index is 68.6. The van der Waals surface area contributed by atoms with Crippen LogP contribution in [0.4, 0.5) is 0 Å². The normalized spacial score (nSPS) is 13.5. The van der Waals surface area contributed by atoms with E-state index < -0.39 is 9.28 Å². The fourth-order valence-corrected chi connectivity index (χ4v) is 2.26. The third-order valence-electron chi connectivity index (χ3n) is 1.30. The smallest absolute Gasteiger partial charge is 0.321 e. The van der Waals surface area contributed by atoms with Crippen molar-refractivity contribution >= 4 is 9.28 Å². The maximum atomic E-state index is 5.50. The second kappa shape index (κ2) is 7.25. The number of rotatable bonds is 6. The van der Waals surface area contributed by atoms with Crippen molar-refractivity contribution in [3.8, 4) is 0 Å². The molecule has 62 valence electrons. The zero-order valence-electron chi connectivity index (χ0n) is 7.22. The molecule has 0 aromatic heterocycles. The summed E-state index contributed by atoms with van der Waals surface area (Å²) in [6.07, 6.45) is 2.27. The van der Waals surface area contributed by atoms with Gasteiger partial charge >= 0.3 is 9.28 Å². The van der Waals surface area contributed by atoms with E-state index in [9.17, 15) is 0 Å². The van der Waals surface area contributed by atoms with Gasteiger partial charge in [0, 0.05) is 13.7 Å². The average molecular weight is 162 g/mol. The third-order valence-corrected chi connectivity index (χ3v) is 3.48. The highest BCUT2D eigenvalue weighted by Crippen LogP contribution is 1.99. The Morgan fingerprint density at radius 2 is 1.90 bits per heavy atom. The zero-order chi connectivity index (χ0) is 7.82. The minimum Gasteiger partial charge on any atom is -0.400 e. The first-order valence-corrected chi connectivity index (χ1v) is 5.75. The molecule has 0 saturated heterocycles. The van der Waals surface area contributed by atoms with Gasteiger partial charge in [-0.15, -0.1) is 0 Å². The van der Waals surface area contributed by atoms with Crippen LogP contribution in [0.25, 0.3) is 0 Å². The minimum absolute atomic E-state index is 0.866. The zero-order valence-corrected chi connectivity index (χ0v) is 8.38. The van der Waals surface area contributed by atoms with E-state index in [1.807, 2.05) is 0 Å². The molecule has 10 heavy (non-hydrogen) atoms. The summed E-state index contributed by atoms with van der Waals surface area (Å²) < 4.78 is 10.7. The molecule has 2 nitrogen and oxygen atoms in total. The number of hydrogen-bond acceptors (Lipinski definition) is 2. The van der Waals surface area contributed by atoms with Crippen LogP contribution in [0.2, 0.25) is 6.04 Å². The lowest BCUT2D eigenvalue weighted by Gasteiger charge is -2.11. The Balaban J connectivity index is 3.21. The molecular formula is C7H18O2Si. The van der Waals surface area contributed by atoms with Crippen molar-refractivity contribution in [2.45, 2.75) is 32.7 Å². The average Bonchev–Trinajstić information content (AvgIpc) is 1.98. The summed E-state index contributed by atoms with van der Waals surface area (Å²) in [4.78, 5) is 0. The molecule has 0 radical (unpaired) electrons. The van der Waals surface area contributed by atoms with E-state index in [1.165, 1.54) is 6.42 Å². The van der Waals surface area contributed by atoms with Crippen LogP contribution in [0.15, 0.2) is 0 Å². The molecule has 0 aliphatic heterocycles. The van der Waals surface area contributed by atoms with Crippen LogP contribution in [-0.2, 0) is 8.85 Å². The molecule has 0 spiro atoms. The molecule has 0 bridgehead atoms. The van der Waals surface area contributed by atoms with Crippen molar-refractivity contribution in [1.29, 1.82) is 0 Å². The second-order valence-corrected chi connectivity index (χ2v) is 4.57. The van der Waals surface area contributed by atoms with Crippen LogP contribution in [0.3, 0.4) is 0 Å². The van der Waals surface area contributed by atoms with E-state index in [0.717, 1.165) is 19.1 Å². The lowest BCUT2D eigenvalue weighted by molar-refractivity contribution is 0.229. The highest BCUT2D eigenvalue weighted by Gasteiger charge is 2.07. The van der Waals surface area contributed by atoms with Crippen LogP contribution >= 0.6 is 0 Å². The Kier molecular flexibility index (Phi) is 7.35. The summed E-state index contributed by atoms with van der Waals surface area (Å²) in [5, 5.41) is 0. The van der Waals surface area contributed by atoms with Crippen molar-refractivity contribution in [3.05, 3.63) is 0 Å². The van der Waals surface area contributed by atoms with E-state index in [1.54, 1.807) is 7.11 Å². The van der Waals surface area contributed by atoms with Gasteiger partial charge in [0.05, 0.1) is 0 Å². The van der Waals surface area contributed by atoms with Gasteiger partial charge in [-0.25, -0.2) is 0 Å². The van der Waals surface area contributed by atoms with Gasteiger partial charge in [0.15, 0.2) is 0 Å². The molecule has 0 aromatic carbocycles. The van der Waals surface area contributed by atoms with Gasteiger partial charge in [-0.1, -0.05) is 20.3 Å². The predicted octanol–water partition coefficient (Wildman–Crippen LogP) is 1.69. The van der Waals surface area contributed by atoms with Crippen molar-refractivity contribution in [2.75, 3.05) is 13.7 Å². The summed E-state index contributed by atoms with van der Waals surface area (Å²) in [5.41, 5.74) is 0. The Morgan fingerprint density at radius 1 is 1.20 bits per heavy atom. The highest BCUT2D eigenvalue weighted by molar-refractivity contribution is 6.44. The van der Waals surface area contributed by atoms with Crippen LogP contribution in [0, 0.1) is 0 Å². The first-order valence-electron chi connectivity index (χ1n) is 3.99. The predicted molar refractivity (Wildman–Crippen MR) is 45.5 cm³/mol. The lowest BCUT2D eigenvalue weighted by atomic mass is 10.5. The van der Waals surface area contributed by atoms with Crippen molar-refractivity contribution < 1.29 is 8.85 Å². The Morgan fingerprint density at radius 3 is 2.30 bits per heavy atom. The van der Waals surface area contributed by atoms with Crippen LogP contribution < -0.4 is 0 Å². The molecule has 3 heteroatoms. The van der Waals surface area contributed by atoms with Gasteiger partial charge in [-0.2, -0.15) is 0 Å².